The van der Waals surface area contributed by atoms with Gasteiger partial charge in [0.2, 0.25) is 11.8 Å². The summed E-state index contributed by atoms with van der Waals surface area (Å²) in [6.07, 6.45) is 0. The van der Waals surface area contributed by atoms with Crippen LogP contribution in [0.3, 0.4) is 0 Å². The van der Waals surface area contributed by atoms with Crippen molar-refractivity contribution in [1.29, 1.82) is 0 Å². The molecule has 2 rings (SSSR count). The van der Waals surface area contributed by atoms with Crippen LogP contribution in [0.2, 0.25) is 10.0 Å². The number of nitrogens with zero attached hydrogens (tertiary/aromatic N) is 2. The van der Waals surface area contributed by atoms with Gasteiger partial charge in [0.05, 0.1) is 21.8 Å². The maximum Gasteiger partial charge on any atom is 0.241 e. The molecule has 1 aromatic carbocycles. The molecule has 0 unspecified atom stereocenters. The number of para-hydroxylation sites is 1. The fourth-order valence-corrected chi connectivity index (χ4v) is 2.93. The third-order valence-corrected chi connectivity index (χ3v) is 4.53. The van der Waals surface area contributed by atoms with Gasteiger partial charge in [0.15, 0.2) is 0 Å². The van der Waals surface area contributed by atoms with E-state index in [0.717, 1.165) is 0 Å². The van der Waals surface area contributed by atoms with E-state index < -0.39 is 0 Å². The van der Waals surface area contributed by atoms with E-state index in [1.54, 1.807) is 30.0 Å². The summed E-state index contributed by atoms with van der Waals surface area (Å²) in [5.74, 6) is -0.0918. The van der Waals surface area contributed by atoms with Crippen LogP contribution in [0.1, 0.15) is 13.8 Å². The third kappa shape index (κ3) is 3.91. The number of nitrogens with one attached hydrogen (secondary N) is 1. The van der Waals surface area contributed by atoms with Crippen LogP contribution < -0.4 is 5.32 Å². The quantitative estimate of drug-likeness (QED) is 0.917. The SMILES string of the molecule is CC(=O)N1CCN([C@@H](C)C(=O)Nc2c(Cl)cccc2Cl)CC1. The number of benzene rings is 1. The van der Waals surface area contributed by atoms with Gasteiger partial charge in [-0.25, -0.2) is 0 Å². The first-order valence-corrected chi connectivity index (χ1v) is 7.90. The van der Waals surface area contributed by atoms with Gasteiger partial charge in [0.25, 0.3) is 0 Å². The summed E-state index contributed by atoms with van der Waals surface area (Å²) in [4.78, 5) is 27.5. The average molecular weight is 344 g/mol. The molecule has 1 aromatic rings. The van der Waals surface area contributed by atoms with Crippen molar-refractivity contribution < 1.29 is 9.59 Å². The molecule has 1 N–H and O–H groups in total. The van der Waals surface area contributed by atoms with Crippen molar-refractivity contribution in [2.75, 3.05) is 31.5 Å². The van der Waals surface area contributed by atoms with Crippen LogP contribution in [0.4, 0.5) is 5.69 Å². The van der Waals surface area contributed by atoms with E-state index in [0.29, 0.717) is 41.9 Å². The first kappa shape index (κ1) is 17.1. The highest BCUT2D eigenvalue weighted by Gasteiger charge is 2.27. The van der Waals surface area contributed by atoms with E-state index in [1.807, 2.05) is 11.8 Å². The lowest BCUT2D eigenvalue weighted by molar-refractivity contribution is -0.131. The molecule has 0 aliphatic carbocycles. The second kappa shape index (κ2) is 7.31. The Morgan fingerprint density at radius 3 is 2.18 bits per heavy atom. The van der Waals surface area contributed by atoms with Crippen LogP contribution >= 0.6 is 23.2 Å². The summed E-state index contributed by atoms with van der Waals surface area (Å²) in [5.41, 5.74) is 0.435. The molecular weight excluding hydrogens is 325 g/mol. The summed E-state index contributed by atoms with van der Waals surface area (Å²) in [6, 6.07) is 4.77. The summed E-state index contributed by atoms with van der Waals surface area (Å²) in [6.45, 7) is 6.02. The number of carbonyl (C=O) groups is 2. The van der Waals surface area contributed by atoms with Gasteiger partial charge in [-0.3, -0.25) is 14.5 Å². The fourth-order valence-electron chi connectivity index (χ4n) is 2.43. The zero-order valence-electron chi connectivity index (χ0n) is 12.6. The summed E-state index contributed by atoms with van der Waals surface area (Å²) < 4.78 is 0. The van der Waals surface area contributed by atoms with Crippen molar-refractivity contribution in [2.24, 2.45) is 0 Å². The van der Waals surface area contributed by atoms with Gasteiger partial charge in [-0.1, -0.05) is 29.3 Å². The van der Waals surface area contributed by atoms with Crippen molar-refractivity contribution in [3.05, 3.63) is 28.2 Å². The summed E-state index contributed by atoms with van der Waals surface area (Å²) in [5, 5.41) is 3.61. The molecule has 0 spiro atoms. The van der Waals surface area contributed by atoms with Gasteiger partial charge in [0, 0.05) is 33.1 Å². The first-order valence-electron chi connectivity index (χ1n) is 7.14. The largest absolute Gasteiger partial charge is 0.340 e. The van der Waals surface area contributed by atoms with Gasteiger partial charge in [-0.05, 0) is 19.1 Å². The van der Waals surface area contributed by atoms with E-state index in [1.165, 1.54) is 0 Å². The smallest absolute Gasteiger partial charge is 0.241 e. The van der Waals surface area contributed by atoms with Crippen LogP contribution in [0.5, 0.6) is 0 Å². The number of halogens is 2. The van der Waals surface area contributed by atoms with Crippen LogP contribution in [0.25, 0.3) is 0 Å². The molecule has 0 aromatic heterocycles. The molecule has 5 nitrogen and oxygen atoms in total. The Bertz CT molecular complexity index is 552. The molecule has 0 saturated carbocycles. The van der Waals surface area contributed by atoms with Crippen LogP contribution in [-0.4, -0.2) is 53.8 Å². The molecule has 1 fully saturated rings. The van der Waals surface area contributed by atoms with E-state index in [2.05, 4.69) is 5.32 Å². The van der Waals surface area contributed by atoms with Gasteiger partial charge in [0.1, 0.15) is 0 Å². The molecule has 22 heavy (non-hydrogen) atoms. The number of hydrogen-bond acceptors (Lipinski definition) is 3. The topological polar surface area (TPSA) is 52.7 Å². The Kier molecular flexibility index (Phi) is 5.67. The molecular formula is C15H19Cl2N3O2. The summed E-state index contributed by atoms with van der Waals surface area (Å²) in [7, 11) is 0. The second-order valence-electron chi connectivity index (χ2n) is 5.30. The highest BCUT2D eigenvalue weighted by Crippen LogP contribution is 2.30. The van der Waals surface area contributed by atoms with Crippen molar-refractivity contribution in [3.8, 4) is 0 Å². The molecule has 1 heterocycles. The van der Waals surface area contributed by atoms with Crippen LogP contribution in [-0.2, 0) is 9.59 Å². The Labute approximate surface area is 140 Å². The predicted octanol–water partition coefficient (Wildman–Crippen LogP) is 2.48. The number of anilines is 1. The molecule has 1 aliphatic rings. The van der Waals surface area contributed by atoms with Gasteiger partial charge < -0.3 is 10.2 Å². The van der Waals surface area contributed by atoms with Crippen molar-refractivity contribution >= 4 is 40.7 Å². The number of hydrogen-bond donors (Lipinski definition) is 1. The minimum absolute atomic E-state index is 0.0691. The van der Waals surface area contributed by atoms with Gasteiger partial charge >= 0.3 is 0 Å². The van der Waals surface area contributed by atoms with Crippen molar-refractivity contribution in [1.82, 2.24) is 9.80 Å². The van der Waals surface area contributed by atoms with E-state index in [4.69, 9.17) is 23.2 Å². The molecule has 1 aliphatic heterocycles. The number of piperazine rings is 1. The lowest BCUT2D eigenvalue weighted by Gasteiger charge is -2.37. The fraction of sp³-hybridized carbons (Fsp3) is 0.467. The van der Waals surface area contributed by atoms with Crippen LogP contribution in [0, 0.1) is 0 Å². The molecule has 7 heteroatoms. The van der Waals surface area contributed by atoms with E-state index in [-0.39, 0.29) is 17.9 Å². The Balaban J connectivity index is 1.97. The van der Waals surface area contributed by atoms with Gasteiger partial charge in [-0.15, -0.1) is 0 Å². The van der Waals surface area contributed by atoms with E-state index >= 15 is 0 Å². The Morgan fingerprint density at radius 1 is 1.14 bits per heavy atom. The number of amides is 2. The van der Waals surface area contributed by atoms with E-state index in [9.17, 15) is 9.59 Å². The predicted molar refractivity (Wildman–Crippen MR) is 88.4 cm³/mol. The zero-order chi connectivity index (χ0) is 16.3. The standard InChI is InChI=1S/C15H19Cl2N3O2/c1-10(19-6-8-20(9-7-19)11(2)21)15(22)18-14-12(16)4-3-5-13(14)17/h3-5,10H,6-9H2,1-2H3,(H,18,22)/t10-/m0/s1. The Morgan fingerprint density at radius 2 is 1.68 bits per heavy atom. The molecule has 0 radical (unpaired) electrons. The molecule has 2 amide bonds. The van der Waals surface area contributed by atoms with Crippen molar-refractivity contribution in [2.45, 2.75) is 19.9 Å². The highest BCUT2D eigenvalue weighted by atomic mass is 35.5. The lowest BCUT2D eigenvalue weighted by atomic mass is 10.2. The maximum atomic E-state index is 12.4. The minimum atomic E-state index is -0.318. The lowest BCUT2D eigenvalue weighted by Crippen LogP contribution is -2.53. The first-order chi connectivity index (χ1) is 10.4. The molecule has 120 valence electrons. The molecule has 1 atom stereocenters. The third-order valence-electron chi connectivity index (χ3n) is 3.90. The summed E-state index contributed by atoms with van der Waals surface area (Å²) >= 11 is 12.1. The Hall–Kier alpha value is -1.30. The average Bonchev–Trinajstić information content (AvgIpc) is 2.50. The maximum absolute atomic E-state index is 12.4. The second-order valence-corrected chi connectivity index (χ2v) is 6.12. The monoisotopic (exact) mass is 343 g/mol. The number of rotatable bonds is 3. The van der Waals surface area contributed by atoms with Crippen molar-refractivity contribution in [3.63, 3.8) is 0 Å². The normalized spacial score (nSPS) is 17.2. The zero-order valence-corrected chi connectivity index (χ0v) is 14.1. The van der Waals surface area contributed by atoms with Crippen LogP contribution in [0.15, 0.2) is 18.2 Å². The molecule has 1 saturated heterocycles. The molecule has 0 bridgehead atoms. The number of carbonyl (C=O) groups excluding carboxylic acids is 2. The minimum Gasteiger partial charge on any atom is -0.340 e. The van der Waals surface area contributed by atoms with Gasteiger partial charge in [-0.2, -0.15) is 0 Å². The highest BCUT2D eigenvalue weighted by molar-refractivity contribution is 6.39.